The smallest absolute Gasteiger partial charge is 0.314 e. The maximum Gasteiger partial charge on any atom is 0.314 e. The SMILES string of the molecule is CCN(CC)C(CNC(=O)NCC(C)(C)C)c1ccccc1. The van der Waals surface area contributed by atoms with Crippen molar-refractivity contribution < 1.29 is 4.79 Å². The van der Waals surface area contributed by atoms with E-state index in [0.29, 0.717) is 13.1 Å². The molecular weight excluding hydrogens is 274 g/mol. The van der Waals surface area contributed by atoms with Crippen LogP contribution in [-0.2, 0) is 0 Å². The minimum Gasteiger partial charge on any atom is -0.338 e. The molecule has 0 aromatic heterocycles. The van der Waals surface area contributed by atoms with Crippen LogP contribution < -0.4 is 10.6 Å². The summed E-state index contributed by atoms with van der Waals surface area (Å²) in [5.41, 5.74) is 1.33. The zero-order valence-corrected chi connectivity index (χ0v) is 14.6. The summed E-state index contributed by atoms with van der Waals surface area (Å²) < 4.78 is 0. The highest BCUT2D eigenvalue weighted by Gasteiger charge is 2.19. The lowest BCUT2D eigenvalue weighted by Gasteiger charge is -2.30. The molecule has 0 saturated heterocycles. The van der Waals surface area contributed by atoms with Crippen molar-refractivity contribution in [1.29, 1.82) is 0 Å². The molecule has 1 aromatic rings. The maximum atomic E-state index is 12.0. The van der Waals surface area contributed by atoms with Gasteiger partial charge in [-0.05, 0) is 24.1 Å². The van der Waals surface area contributed by atoms with E-state index in [-0.39, 0.29) is 17.5 Å². The van der Waals surface area contributed by atoms with Gasteiger partial charge in [0.2, 0.25) is 0 Å². The van der Waals surface area contributed by atoms with E-state index in [2.05, 4.69) is 62.3 Å². The number of nitrogens with zero attached hydrogens (tertiary/aromatic N) is 1. The first-order chi connectivity index (χ1) is 10.4. The molecular formula is C18H31N3O. The summed E-state index contributed by atoms with van der Waals surface area (Å²) in [4.78, 5) is 14.3. The summed E-state index contributed by atoms with van der Waals surface area (Å²) in [6, 6.07) is 10.5. The van der Waals surface area contributed by atoms with E-state index in [0.717, 1.165) is 13.1 Å². The van der Waals surface area contributed by atoms with Gasteiger partial charge in [0.25, 0.3) is 0 Å². The van der Waals surface area contributed by atoms with Crippen LogP contribution in [0.25, 0.3) is 0 Å². The number of amides is 2. The van der Waals surface area contributed by atoms with Crippen LogP contribution in [0.15, 0.2) is 30.3 Å². The van der Waals surface area contributed by atoms with E-state index in [4.69, 9.17) is 0 Å². The molecule has 1 atom stereocenters. The number of urea groups is 1. The van der Waals surface area contributed by atoms with Crippen molar-refractivity contribution in [2.24, 2.45) is 5.41 Å². The summed E-state index contributed by atoms with van der Waals surface area (Å²) in [6.45, 7) is 13.8. The molecule has 0 bridgehead atoms. The molecule has 1 rings (SSSR count). The predicted octanol–water partition coefficient (Wildman–Crippen LogP) is 3.41. The molecule has 4 heteroatoms. The third-order valence-electron chi connectivity index (χ3n) is 3.67. The van der Waals surface area contributed by atoms with Gasteiger partial charge in [0.05, 0.1) is 6.04 Å². The van der Waals surface area contributed by atoms with E-state index >= 15 is 0 Å². The van der Waals surface area contributed by atoms with Crippen molar-refractivity contribution in [2.75, 3.05) is 26.2 Å². The molecule has 124 valence electrons. The Morgan fingerprint density at radius 1 is 1.09 bits per heavy atom. The number of carbonyl (C=O) groups is 1. The minimum atomic E-state index is -0.0944. The second-order valence-electron chi connectivity index (χ2n) is 6.77. The van der Waals surface area contributed by atoms with Crippen LogP contribution in [0.4, 0.5) is 4.79 Å². The normalized spacial score (nSPS) is 13.0. The van der Waals surface area contributed by atoms with Gasteiger partial charge in [-0.1, -0.05) is 65.0 Å². The molecule has 0 saturated carbocycles. The fraction of sp³-hybridized carbons (Fsp3) is 0.611. The number of likely N-dealkylation sites (N-methyl/N-ethyl adjacent to an activating group) is 1. The van der Waals surface area contributed by atoms with Gasteiger partial charge in [0.15, 0.2) is 0 Å². The first-order valence-corrected chi connectivity index (χ1v) is 8.18. The predicted molar refractivity (Wildman–Crippen MR) is 93.0 cm³/mol. The second-order valence-corrected chi connectivity index (χ2v) is 6.77. The molecule has 0 radical (unpaired) electrons. The van der Waals surface area contributed by atoms with Crippen molar-refractivity contribution in [2.45, 2.75) is 40.7 Å². The van der Waals surface area contributed by atoms with E-state index in [1.54, 1.807) is 0 Å². The van der Waals surface area contributed by atoms with E-state index < -0.39 is 0 Å². The molecule has 4 nitrogen and oxygen atoms in total. The van der Waals surface area contributed by atoms with Gasteiger partial charge in [-0.2, -0.15) is 0 Å². The number of nitrogens with one attached hydrogen (secondary N) is 2. The Labute approximate surface area is 135 Å². The molecule has 0 aliphatic rings. The highest BCUT2D eigenvalue weighted by Crippen LogP contribution is 2.19. The van der Waals surface area contributed by atoms with Crippen LogP contribution in [0.3, 0.4) is 0 Å². The number of hydrogen-bond donors (Lipinski definition) is 2. The molecule has 2 N–H and O–H groups in total. The zero-order chi connectivity index (χ0) is 16.6. The average molecular weight is 305 g/mol. The first-order valence-electron chi connectivity index (χ1n) is 8.18. The van der Waals surface area contributed by atoms with Crippen molar-refractivity contribution in [3.63, 3.8) is 0 Å². The topological polar surface area (TPSA) is 44.4 Å². The number of benzene rings is 1. The highest BCUT2D eigenvalue weighted by atomic mass is 16.2. The summed E-state index contributed by atoms with van der Waals surface area (Å²) in [5.74, 6) is 0. The maximum absolute atomic E-state index is 12.0. The van der Waals surface area contributed by atoms with E-state index in [9.17, 15) is 4.79 Å². The third-order valence-corrected chi connectivity index (χ3v) is 3.67. The van der Waals surface area contributed by atoms with Gasteiger partial charge in [0, 0.05) is 13.1 Å². The van der Waals surface area contributed by atoms with E-state index in [1.807, 2.05) is 18.2 Å². The number of carbonyl (C=O) groups excluding carboxylic acids is 1. The van der Waals surface area contributed by atoms with Crippen LogP contribution >= 0.6 is 0 Å². The van der Waals surface area contributed by atoms with Gasteiger partial charge in [-0.15, -0.1) is 0 Å². The molecule has 1 aromatic carbocycles. The van der Waals surface area contributed by atoms with Gasteiger partial charge >= 0.3 is 6.03 Å². The number of hydrogen-bond acceptors (Lipinski definition) is 2. The summed E-state index contributed by atoms with van der Waals surface area (Å²) >= 11 is 0. The molecule has 0 spiro atoms. The quantitative estimate of drug-likeness (QED) is 0.811. The lowest BCUT2D eigenvalue weighted by atomic mass is 9.97. The second kappa shape index (κ2) is 8.79. The van der Waals surface area contributed by atoms with Crippen LogP contribution in [-0.4, -0.2) is 37.1 Å². The number of rotatable bonds is 7. The molecule has 0 aliphatic heterocycles. The lowest BCUT2D eigenvalue weighted by Crippen LogP contribution is -2.44. The Bertz CT molecular complexity index is 435. The Hall–Kier alpha value is -1.55. The monoisotopic (exact) mass is 305 g/mol. The van der Waals surface area contributed by atoms with Crippen LogP contribution in [0.2, 0.25) is 0 Å². The minimum absolute atomic E-state index is 0.0923. The Morgan fingerprint density at radius 3 is 2.18 bits per heavy atom. The fourth-order valence-electron chi connectivity index (χ4n) is 2.39. The van der Waals surface area contributed by atoms with Crippen LogP contribution in [0, 0.1) is 5.41 Å². The lowest BCUT2D eigenvalue weighted by molar-refractivity contribution is 0.204. The van der Waals surface area contributed by atoms with Gasteiger partial charge in [-0.3, -0.25) is 4.90 Å². The van der Waals surface area contributed by atoms with Crippen molar-refractivity contribution in [1.82, 2.24) is 15.5 Å². The Balaban J connectivity index is 2.64. The van der Waals surface area contributed by atoms with Gasteiger partial charge in [-0.25, -0.2) is 4.79 Å². The molecule has 2 amide bonds. The average Bonchev–Trinajstić information content (AvgIpc) is 2.49. The Kier molecular flexibility index (Phi) is 7.39. The first kappa shape index (κ1) is 18.5. The summed E-state index contributed by atoms with van der Waals surface area (Å²) in [6.07, 6.45) is 0. The zero-order valence-electron chi connectivity index (χ0n) is 14.6. The highest BCUT2D eigenvalue weighted by molar-refractivity contribution is 5.73. The molecule has 1 unspecified atom stereocenters. The molecule has 0 heterocycles. The van der Waals surface area contributed by atoms with Crippen LogP contribution in [0.1, 0.15) is 46.2 Å². The van der Waals surface area contributed by atoms with Gasteiger partial charge in [0.1, 0.15) is 0 Å². The molecule has 22 heavy (non-hydrogen) atoms. The van der Waals surface area contributed by atoms with Gasteiger partial charge < -0.3 is 10.6 Å². The van der Waals surface area contributed by atoms with Crippen molar-refractivity contribution in [3.8, 4) is 0 Å². The molecule has 0 fully saturated rings. The Morgan fingerprint density at radius 2 is 1.68 bits per heavy atom. The van der Waals surface area contributed by atoms with Crippen molar-refractivity contribution >= 4 is 6.03 Å². The summed E-state index contributed by atoms with van der Waals surface area (Å²) in [5, 5.41) is 5.95. The van der Waals surface area contributed by atoms with Crippen molar-refractivity contribution in [3.05, 3.63) is 35.9 Å². The standard InChI is InChI=1S/C18H31N3O/c1-6-21(7-2)16(15-11-9-8-10-12-15)13-19-17(22)20-14-18(3,4)5/h8-12,16H,6-7,13-14H2,1-5H3,(H2,19,20,22). The molecule has 0 aliphatic carbocycles. The van der Waals surface area contributed by atoms with E-state index in [1.165, 1.54) is 5.56 Å². The summed E-state index contributed by atoms with van der Waals surface area (Å²) in [7, 11) is 0. The largest absolute Gasteiger partial charge is 0.338 e. The van der Waals surface area contributed by atoms with Crippen LogP contribution in [0.5, 0.6) is 0 Å². The fourth-order valence-corrected chi connectivity index (χ4v) is 2.39. The third kappa shape index (κ3) is 6.48.